The van der Waals surface area contributed by atoms with Crippen LogP contribution in [0.15, 0.2) is 15.9 Å². The second kappa shape index (κ2) is 5.41. The first-order valence-electron chi connectivity index (χ1n) is 6.38. The monoisotopic (exact) mass is 316 g/mol. The number of aliphatic hydroxyl groups excluding tert-OH is 1. The van der Waals surface area contributed by atoms with Crippen molar-refractivity contribution in [1.82, 2.24) is 0 Å². The molecule has 3 heteroatoms. The molecule has 1 aromatic rings. The van der Waals surface area contributed by atoms with E-state index in [9.17, 15) is 5.11 Å². The summed E-state index contributed by atoms with van der Waals surface area (Å²) in [5, 5.41) is 10.3. The zero-order valence-electron chi connectivity index (χ0n) is 10.6. The molecule has 0 aromatic carbocycles. The molecule has 2 rings (SSSR count). The fourth-order valence-corrected chi connectivity index (χ4v) is 4.17. The standard InChI is InChI=1S/C14H21BrOS/c1-14(2)7-5-10(6-8-14)12(16)9-11-3-4-13(15)17-11/h3-4,10,12,16H,5-9H2,1-2H3. The highest BCUT2D eigenvalue weighted by Crippen LogP contribution is 2.40. The first kappa shape index (κ1) is 13.6. The minimum Gasteiger partial charge on any atom is -0.392 e. The SMILES string of the molecule is CC1(C)CCC(C(O)Cc2ccc(Br)s2)CC1. The van der Waals surface area contributed by atoms with Crippen molar-refractivity contribution in [2.24, 2.45) is 11.3 Å². The van der Waals surface area contributed by atoms with Crippen molar-refractivity contribution >= 4 is 27.3 Å². The van der Waals surface area contributed by atoms with E-state index < -0.39 is 0 Å². The molecule has 1 nitrogen and oxygen atoms in total. The second-order valence-electron chi connectivity index (χ2n) is 5.98. The van der Waals surface area contributed by atoms with Gasteiger partial charge >= 0.3 is 0 Å². The van der Waals surface area contributed by atoms with Gasteiger partial charge in [-0.05, 0) is 65.1 Å². The number of rotatable bonds is 3. The minimum absolute atomic E-state index is 0.156. The Balaban J connectivity index is 1.87. The van der Waals surface area contributed by atoms with Crippen molar-refractivity contribution < 1.29 is 5.11 Å². The summed E-state index contributed by atoms with van der Waals surface area (Å²) >= 11 is 5.21. The maximum Gasteiger partial charge on any atom is 0.0701 e. The van der Waals surface area contributed by atoms with E-state index in [-0.39, 0.29) is 6.10 Å². The molecule has 1 saturated carbocycles. The normalized spacial score (nSPS) is 22.6. The Morgan fingerprint density at radius 1 is 1.41 bits per heavy atom. The van der Waals surface area contributed by atoms with Crippen LogP contribution in [-0.2, 0) is 6.42 Å². The van der Waals surface area contributed by atoms with Gasteiger partial charge in [-0.2, -0.15) is 0 Å². The van der Waals surface area contributed by atoms with Crippen LogP contribution in [0.2, 0.25) is 0 Å². The molecule has 0 bridgehead atoms. The van der Waals surface area contributed by atoms with Crippen LogP contribution in [-0.4, -0.2) is 11.2 Å². The van der Waals surface area contributed by atoms with E-state index in [0.717, 1.165) is 10.2 Å². The zero-order valence-corrected chi connectivity index (χ0v) is 13.0. The molecule has 1 N–H and O–H groups in total. The third-order valence-corrected chi connectivity index (χ3v) is 5.61. The molecule has 0 amide bonds. The van der Waals surface area contributed by atoms with Crippen molar-refractivity contribution in [3.8, 4) is 0 Å². The third kappa shape index (κ3) is 3.80. The van der Waals surface area contributed by atoms with Crippen LogP contribution in [0.3, 0.4) is 0 Å². The van der Waals surface area contributed by atoms with E-state index in [0.29, 0.717) is 11.3 Å². The van der Waals surface area contributed by atoms with Gasteiger partial charge in [-0.15, -0.1) is 11.3 Å². The number of aliphatic hydroxyl groups is 1. The molecule has 1 unspecified atom stereocenters. The summed E-state index contributed by atoms with van der Waals surface area (Å²) in [6, 6.07) is 4.18. The molecule has 0 spiro atoms. The molecule has 1 aliphatic rings. The Kier molecular flexibility index (Phi) is 4.32. The molecule has 1 aromatic heterocycles. The third-order valence-electron chi connectivity index (χ3n) is 3.97. The zero-order chi connectivity index (χ0) is 12.5. The fraction of sp³-hybridized carbons (Fsp3) is 0.714. The number of thiophene rings is 1. The van der Waals surface area contributed by atoms with E-state index in [4.69, 9.17) is 0 Å². The minimum atomic E-state index is -0.156. The lowest BCUT2D eigenvalue weighted by Crippen LogP contribution is -2.30. The Bertz CT molecular complexity index is 362. The summed E-state index contributed by atoms with van der Waals surface area (Å²) in [7, 11) is 0. The molecular formula is C14H21BrOS. The van der Waals surface area contributed by atoms with Crippen molar-refractivity contribution in [3.05, 3.63) is 20.8 Å². The van der Waals surface area contributed by atoms with Crippen molar-refractivity contribution in [3.63, 3.8) is 0 Å². The van der Waals surface area contributed by atoms with Gasteiger partial charge in [-0.25, -0.2) is 0 Å². The predicted octanol–water partition coefficient (Wildman–Crippen LogP) is 4.63. The quantitative estimate of drug-likeness (QED) is 0.862. The summed E-state index contributed by atoms with van der Waals surface area (Å²) in [5.41, 5.74) is 0.488. The van der Waals surface area contributed by atoms with Gasteiger partial charge in [-0.3, -0.25) is 0 Å². The highest BCUT2D eigenvalue weighted by Gasteiger charge is 2.30. The van der Waals surface area contributed by atoms with E-state index in [1.54, 1.807) is 11.3 Å². The van der Waals surface area contributed by atoms with Crippen LogP contribution in [0.1, 0.15) is 44.4 Å². The van der Waals surface area contributed by atoms with Crippen LogP contribution in [0, 0.1) is 11.3 Å². The Hall–Kier alpha value is 0.140. The number of halogens is 1. The maximum absolute atomic E-state index is 10.3. The maximum atomic E-state index is 10.3. The van der Waals surface area contributed by atoms with E-state index in [1.165, 1.54) is 30.6 Å². The van der Waals surface area contributed by atoms with Gasteiger partial charge in [0.25, 0.3) is 0 Å². The summed E-state index contributed by atoms with van der Waals surface area (Å²) in [5.74, 6) is 0.504. The molecule has 1 heterocycles. The lowest BCUT2D eigenvalue weighted by molar-refractivity contribution is 0.0581. The summed E-state index contributed by atoms with van der Waals surface area (Å²) in [6.07, 6.45) is 5.53. The smallest absolute Gasteiger partial charge is 0.0701 e. The summed E-state index contributed by atoms with van der Waals surface area (Å²) in [4.78, 5) is 1.29. The average Bonchev–Trinajstić information content (AvgIpc) is 2.63. The molecule has 0 radical (unpaired) electrons. The Morgan fingerprint density at radius 2 is 2.06 bits per heavy atom. The topological polar surface area (TPSA) is 20.2 Å². The van der Waals surface area contributed by atoms with Crippen LogP contribution in [0.4, 0.5) is 0 Å². The average molecular weight is 317 g/mol. The molecule has 96 valence electrons. The number of hydrogen-bond donors (Lipinski definition) is 1. The fourth-order valence-electron chi connectivity index (χ4n) is 2.64. The van der Waals surface area contributed by atoms with Gasteiger partial charge in [0.15, 0.2) is 0 Å². The van der Waals surface area contributed by atoms with Crippen molar-refractivity contribution in [1.29, 1.82) is 0 Å². The highest BCUT2D eigenvalue weighted by atomic mass is 79.9. The predicted molar refractivity (Wildman–Crippen MR) is 77.5 cm³/mol. The van der Waals surface area contributed by atoms with Crippen LogP contribution >= 0.6 is 27.3 Å². The van der Waals surface area contributed by atoms with Crippen LogP contribution < -0.4 is 0 Å². The molecule has 0 saturated heterocycles. The summed E-state index contributed by atoms with van der Waals surface area (Å²) < 4.78 is 1.16. The lowest BCUT2D eigenvalue weighted by Gasteiger charge is -2.36. The van der Waals surface area contributed by atoms with Gasteiger partial charge in [0.05, 0.1) is 9.89 Å². The second-order valence-corrected chi connectivity index (χ2v) is 8.53. The van der Waals surface area contributed by atoms with Crippen LogP contribution in [0.25, 0.3) is 0 Å². The molecular weight excluding hydrogens is 296 g/mol. The van der Waals surface area contributed by atoms with E-state index >= 15 is 0 Å². The van der Waals surface area contributed by atoms with Gasteiger partial charge in [0.2, 0.25) is 0 Å². The van der Waals surface area contributed by atoms with Crippen molar-refractivity contribution in [2.75, 3.05) is 0 Å². The first-order chi connectivity index (χ1) is 7.96. The van der Waals surface area contributed by atoms with E-state index in [2.05, 4.69) is 41.9 Å². The highest BCUT2D eigenvalue weighted by molar-refractivity contribution is 9.11. The van der Waals surface area contributed by atoms with Gasteiger partial charge < -0.3 is 5.11 Å². The van der Waals surface area contributed by atoms with Gasteiger partial charge in [0, 0.05) is 11.3 Å². The lowest BCUT2D eigenvalue weighted by atomic mass is 9.71. The largest absolute Gasteiger partial charge is 0.392 e. The van der Waals surface area contributed by atoms with Crippen LogP contribution in [0.5, 0.6) is 0 Å². The Labute approximate surface area is 116 Å². The molecule has 0 aliphatic heterocycles. The Morgan fingerprint density at radius 3 is 2.59 bits per heavy atom. The molecule has 1 fully saturated rings. The van der Waals surface area contributed by atoms with E-state index in [1.807, 2.05) is 0 Å². The van der Waals surface area contributed by atoms with Gasteiger partial charge in [0.1, 0.15) is 0 Å². The molecule has 1 aliphatic carbocycles. The molecule has 17 heavy (non-hydrogen) atoms. The first-order valence-corrected chi connectivity index (χ1v) is 7.99. The number of hydrogen-bond acceptors (Lipinski definition) is 2. The summed E-state index contributed by atoms with van der Waals surface area (Å²) in [6.45, 7) is 4.68. The molecule has 1 atom stereocenters. The van der Waals surface area contributed by atoms with Gasteiger partial charge in [-0.1, -0.05) is 13.8 Å². The van der Waals surface area contributed by atoms with Crippen molar-refractivity contribution in [2.45, 2.75) is 52.1 Å².